The topological polar surface area (TPSA) is 125 Å². The number of carbonyl (C=O) groups excluding carboxylic acids is 5. The van der Waals surface area contributed by atoms with Crippen molar-refractivity contribution < 1.29 is 28.7 Å². The van der Waals surface area contributed by atoms with Gasteiger partial charge >= 0.3 is 6.09 Å². The van der Waals surface area contributed by atoms with Crippen LogP contribution in [0.3, 0.4) is 0 Å². The van der Waals surface area contributed by atoms with Gasteiger partial charge < -0.3 is 20.3 Å². The molecule has 0 aromatic rings. The molecule has 0 radical (unpaired) electrons. The van der Waals surface area contributed by atoms with Crippen LogP contribution in [0.25, 0.3) is 0 Å². The number of amides is 4. The van der Waals surface area contributed by atoms with Gasteiger partial charge in [-0.3, -0.25) is 24.1 Å². The molecule has 1 aliphatic carbocycles. The average molecular weight is 535 g/mol. The number of nitrogens with one attached hydrogen (secondary N) is 2. The van der Waals surface area contributed by atoms with Crippen molar-refractivity contribution in [2.45, 2.75) is 92.0 Å². The maximum atomic E-state index is 13.9. The minimum absolute atomic E-state index is 0.0851. The third-order valence-corrected chi connectivity index (χ3v) is 7.58. The Morgan fingerprint density at radius 3 is 2.29 bits per heavy atom. The highest BCUT2D eigenvalue weighted by Crippen LogP contribution is 2.65. The van der Waals surface area contributed by atoms with E-state index in [4.69, 9.17) is 4.74 Å². The molecule has 5 unspecified atom stereocenters. The van der Waals surface area contributed by atoms with Gasteiger partial charge in [0.05, 0.1) is 6.04 Å². The van der Waals surface area contributed by atoms with Crippen LogP contribution in [-0.2, 0) is 23.9 Å². The molecular formula is C28H46N4O6. The summed E-state index contributed by atoms with van der Waals surface area (Å²) in [5.74, 6) is -2.51. The second-order valence-electron chi connectivity index (χ2n) is 12.4. The fourth-order valence-corrected chi connectivity index (χ4v) is 5.55. The first-order chi connectivity index (χ1) is 17.5. The van der Waals surface area contributed by atoms with Crippen molar-refractivity contribution in [2.75, 3.05) is 20.1 Å². The summed E-state index contributed by atoms with van der Waals surface area (Å²) in [6.45, 7) is 19.0. The third-order valence-electron chi connectivity index (χ3n) is 7.58. The second kappa shape index (κ2) is 11.9. The highest BCUT2D eigenvalue weighted by Gasteiger charge is 2.69. The summed E-state index contributed by atoms with van der Waals surface area (Å²) in [6, 6.07) is -2.64. The number of hydrogen-bond acceptors (Lipinski definition) is 6. The van der Waals surface area contributed by atoms with E-state index in [2.05, 4.69) is 31.1 Å². The molecule has 2 rings (SSSR count). The third kappa shape index (κ3) is 6.74. The van der Waals surface area contributed by atoms with Gasteiger partial charge in [0.25, 0.3) is 5.91 Å². The normalized spacial score (nSPS) is 23.1. The molecule has 1 saturated heterocycles. The average Bonchev–Trinajstić information content (AvgIpc) is 3.14. The smallest absolute Gasteiger partial charge is 0.410 e. The lowest BCUT2D eigenvalue weighted by molar-refractivity contribution is -0.146. The van der Waals surface area contributed by atoms with Crippen molar-refractivity contribution in [3.63, 3.8) is 0 Å². The summed E-state index contributed by atoms with van der Waals surface area (Å²) in [6.07, 6.45) is 1.72. The molecule has 0 spiro atoms. The van der Waals surface area contributed by atoms with E-state index in [0.29, 0.717) is 19.4 Å². The number of carbonyl (C=O) groups is 5. The molecule has 0 aromatic heterocycles. The number of likely N-dealkylation sites (tertiary alicyclic amines) is 1. The Kier molecular flexibility index (Phi) is 9.78. The molecular weight excluding hydrogens is 488 g/mol. The van der Waals surface area contributed by atoms with E-state index >= 15 is 0 Å². The molecule has 1 saturated carbocycles. The van der Waals surface area contributed by atoms with Crippen LogP contribution < -0.4 is 10.6 Å². The van der Waals surface area contributed by atoms with Crippen molar-refractivity contribution in [3.05, 3.63) is 12.7 Å². The predicted octanol–water partition coefficient (Wildman–Crippen LogP) is 2.52. The van der Waals surface area contributed by atoms with Crippen LogP contribution in [0.4, 0.5) is 4.79 Å². The van der Waals surface area contributed by atoms with Crippen LogP contribution in [0.1, 0.15) is 68.2 Å². The number of ether oxygens (including phenoxy) is 1. The molecule has 1 heterocycles. The first kappa shape index (κ1) is 31.3. The molecule has 214 valence electrons. The summed E-state index contributed by atoms with van der Waals surface area (Å²) < 4.78 is 5.49. The minimum atomic E-state index is -1.000. The number of fused-ring (bicyclic) bond motifs is 1. The Balaban J connectivity index is 2.31. The van der Waals surface area contributed by atoms with Crippen LogP contribution in [0.15, 0.2) is 12.7 Å². The van der Waals surface area contributed by atoms with Crippen LogP contribution in [-0.4, -0.2) is 83.3 Å². The molecule has 10 heteroatoms. The van der Waals surface area contributed by atoms with E-state index < -0.39 is 47.4 Å². The largest absolute Gasteiger partial charge is 0.444 e. The summed E-state index contributed by atoms with van der Waals surface area (Å²) in [7, 11) is 1.53. The monoisotopic (exact) mass is 534 g/mol. The van der Waals surface area contributed by atoms with Crippen molar-refractivity contribution in [2.24, 2.45) is 23.2 Å². The minimum Gasteiger partial charge on any atom is -0.444 e. The zero-order valence-electron chi connectivity index (χ0n) is 24.4. The second-order valence-corrected chi connectivity index (χ2v) is 12.4. The lowest BCUT2D eigenvalue weighted by atomic mass is 9.96. The SMILES string of the molecule is C=CCNC(=O)C(=O)C(CCC)NC(=O)C1C2C(CN1C(=O)C(C(C)C)N(C)C(=O)OC(C)(C)C)C2(C)C. The number of piperidine rings is 1. The van der Waals surface area contributed by atoms with Gasteiger partial charge in [-0.25, -0.2) is 4.79 Å². The molecule has 4 amide bonds. The Morgan fingerprint density at radius 2 is 1.79 bits per heavy atom. The molecule has 38 heavy (non-hydrogen) atoms. The van der Waals surface area contributed by atoms with Gasteiger partial charge in [-0.1, -0.05) is 47.1 Å². The van der Waals surface area contributed by atoms with E-state index in [-0.39, 0.29) is 35.6 Å². The maximum Gasteiger partial charge on any atom is 0.410 e. The standard InChI is InChI=1S/C28H46N4O6/c1-11-13-18(22(33)24(35)29-14-12-2)30-23(34)21-19-17(28(19,8)9)15-32(21)25(36)20(16(3)4)31(10)26(37)38-27(5,6)7/h12,16-21H,2,11,13-15H2,1,3-10H3,(H,29,35)(H,30,34). The van der Waals surface area contributed by atoms with E-state index in [1.165, 1.54) is 18.0 Å². The number of nitrogens with zero attached hydrogens (tertiary/aromatic N) is 2. The van der Waals surface area contributed by atoms with Gasteiger partial charge in [0.2, 0.25) is 17.6 Å². The number of hydrogen-bond donors (Lipinski definition) is 2. The van der Waals surface area contributed by atoms with E-state index in [0.717, 1.165) is 0 Å². The van der Waals surface area contributed by atoms with Gasteiger partial charge in [-0.05, 0) is 50.4 Å². The van der Waals surface area contributed by atoms with Gasteiger partial charge in [0.15, 0.2) is 0 Å². The highest BCUT2D eigenvalue weighted by molar-refractivity contribution is 6.38. The maximum absolute atomic E-state index is 13.9. The van der Waals surface area contributed by atoms with Crippen LogP contribution in [0.2, 0.25) is 0 Å². The highest BCUT2D eigenvalue weighted by atomic mass is 16.6. The Bertz CT molecular complexity index is 953. The van der Waals surface area contributed by atoms with Gasteiger partial charge in [0.1, 0.15) is 17.7 Å². The number of rotatable bonds is 11. The molecule has 5 atom stereocenters. The first-order valence-corrected chi connectivity index (χ1v) is 13.5. The summed E-state index contributed by atoms with van der Waals surface area (Å²) in [5.41, 5.74) is -0.870. The first-order valence-electron chi connectivity index (χ1n) is 13.5. The van der Waals surface area contributed by atoms with Crippen molar-refractivity contribution >= 4 is 29.6 Å². The molecule has 2 fully saturated rings. The van der Waals surface area contributed by atoms with E-state index in [1.54, 1.807) is 25.7 Å². The number of Topliss-reactive ketones (excluding diaryl/α,β-unsaturated/α-hetero) is 1. The number of likely N-dealkylation sites (N-methyl/N-ethyl adjacent to an activating group) is 1. The predicted molar refractivity (Wildman–Crippen MR) is 144 cm³/mol. The Labute approximate surface area is 226 Å². The molecule has 10 nitrogen and oxygen atoms in total. The Morgan fingerprint density at radius 1 is 1.18 bits per heavy atom. The van der Waals surface area contributed by atoms with Crippen molar-refractivity contribution in [1.82, 2.24) is 20.4 Å². The summed E-state index contributed by atoms with van der Waals surface area (Å²) >= 11 is 0. The zero-order valence-corrected chi connectivity index (χ0v) is 24.4. The molecule has 2 N–H and O–H groups in total. The van der Waals surface area contributed by atoms with Gasteiger partial charge in [-0.15, -0.1) is 6.58 Å². The molecule has 2 aliphatic rings. The molecule has 0 bridgehead atoms. The van der Waals surface area contributed by atoms with Gasteiger partial charge in [-0.2, -0.15) is 0 Å². The quantitative estimate of drug-likeness (QED) is 0.310. The van der Waals surface area contributed by atoms with Crippen LogP contribution in [0.5, 0.6) is 0 Å². The summed E-state index contributed by atoms with van der Waals surface area (Å²) in [4.78, 5) is 68.4. The fourth-order valence-electron chi connectivity index (χ4n) is 5.55. The Hall–Kier alpha value is -2.91. The fraction of sp³-hybridized carbons (Fsp3) is 0.750. The molecule has 0 aromatic carbocycles. The van der Waals surface area contributed by atoms with Crippen LogP contribution >= 0.6 is 0 Å². The number of ketones is 1. The van der Waals surface area contributed by atoms with E-state index in [1.807, 2.05) is 20.8 Å². The lowest BCUT2D eigenvalue weighted by Gasteiger charge is -2.38. The van der Waals surface area contributed by atoms with Crippen LogP contribution in [0, 0.1) is 23.2 Å². The summed E-state index contributed by atoms with van der Waals surface area (Å²) in [5, 5.41) is 5.24. The van der Waals surface area contributed by atoms with Crippen molar-refractivity contribution in [1.29, 1.82) is 0 Å². The van der Waals surface area contributed by atoms with Gasteiger partial charge in [0, 0.05) is 20.1 Å². The zero-order chi connectivity index (χ0) is 29.2. The van der Waals surface area contributed by atoms with E-state index in [9.17, 15) is 24.0 Å². The van der Waals surface area contributed by atoms with Crippen molar-refractivity contribution in [3.8, 4) is 0 Å². The molecule has 1 aliphatic heterocycles. The lowest BCUT2D eigenvalue weighted by Crippen LogP contribution is -2.59.